The molecular weight excluding hydrogens is 230 g/mol. The van der Waals surface area contributed by atoms with Gasteiger partial charge < -0.3 is 15.2 Å². The van der Waals surface area contributed by atoms with Crippen LogP contribution < -0.4 is 10.1 Å². The summed E-state index contributed by atoms with van der Waals surface area (Å²) >= 11 is 0. The first-order valence-corrected chi connectivity index (χ1v) is 5.97. The second-order valence-corrected chi connectivity index (χ2v) is 3.86. The Bertz CT molecular complexity index is 400. The van der Waals surface area contributed by atoms with Gasteiger partial charge in [-0.25, -0.2) is 0 Å². The molecule has 1 amide bonds. The van der Waals surface area contributed by atoms with E-state index in [9.17, 15) is 4.79 Å². The van der Waals surface area contributed by atoms with Crippen LogP contribution in [0.5, 0.6) is 5.75 Å². The lowest BCUT2D eigenvalue weighted by Gasteiger charge is -2.15. The number of aliphatic hydroxyl groups excluding tert-OH is 1. The third-order valence-corrected chi connectivity index (χ3v) is 2.54. The molecule has 1 atom stereocenters. The van der Waals surface area contributed by atoms with Crippen molar-refractivity contribution in [3.63, 3.8) is 0 Å². The molecule has 4 nitrogen and oxygen atoms in total. The van der Waals surface area contributed by atoms with Crippen molar-refractivity contribution in [1.29, 1.82) is 0 Å². The first-order valence-electron chi connectivity index (χ1n) is 5.97. The molecule has 0 radical (unpaired) electrons. The van der Waals surface area contributed by atoms with Crippen LogP contribution in [0.3, 0.4) is 0 Å². The molecule has 0 fully saturated rings. The molecule has 1 aromatic carbocycles. The summed E-state index contributed by atoms with van der Waals surface area (Å²) in [5, 5.41) is 11.8. The molecule has 0 saturated heterocycles. The molecule has 0 unspecified atom stereocenters. The van der Waals surface area contributed by atoms with Gasteiger partial charge in [0.25, 0.3) is 5.91 Å². The first kappa shape index (κ1) is 14.3. The highest BCUT2D eigenvalue weighted by Crippen LogP contribution is 2.18. The maximum absolute atomic E-state index is 12.0. The molecule has 0 aliphatic carbocycles. The van der Waals surface area contributed by atoms with E-state index in [-0.39, 0.29) is 18.6 Å². The molecule has 1 rings (SSSR count). The van der Waals surface area contributed by atoms with E-state index >= 15 is 0 Å². The monoisotopic (exact) mass is 249 g/mol. The van der Waals surface area contributed by atoms with Crippen LogP contribution in [0.1, 0.15) is 23.7 Å². The van der Waals surface area contributed by atoms with E-state index in [4.69, 9.17) is 9.84 Å². The number of ether oxygens (including phenoxy) is 1. The zero-order valence-corrected chi connectivity index (χ0v) is 10.6. The van der Waals surface area contributed by atoms with Gasteiger partial charge in [0.1, 0.15) is 12.4 Å². The van der Waals surface area contributed by atoms with Crippen LogP contribution in [0.2, 0.25) is 0 Å². The third-order valence-electron chi connectivity index (χ3n) is 2.54. The fourth-order valence-electron chi connectivity index (χ4n) is 1.47. The molecule has 0 aromatic heterocycles. The number of hydrogen-bond acceptors (Lipinski definition) is 3. The summed E-state index contributed by atoms with van der Waals surface area (Å²) in [6.45, 7) is 5.75. The number of benzene rings is 1. The lowest BCUT2D eigenvalue weighted by atomic mass is 10.1. The first-order chi connectivity index (χ1) is 8.72. The molecule has 1 aromatic rings. The second kappa shape index (κ2) is 7.50. The molecule has 0 aliphatic rings. The molecule has 18 heavy (non-hydrogen) atoms. The van der Waals surface area contributed by atoms with Crippen molar-refractivity contribution in [1.82, 2.24) is 5.32 Å². The second-order valence-electron chi connectivity index (χ2n) is 3.86. The molecule has 98 valence electrons. The Morgan fingerprint density at radius 1 is 1.56 bits per heavy atom. The molecular formula is C14H19NO3. The molecule has 0 saturated carbocycles. The van der Waals surface area contributed by atoms with Gasteiger partial charge in [-0.05, 0) is 18.6 Å². The van der Waals surface area contributed by atoms with Gasteiger partial charge in [0, 0.05) is 0 Å². The van der Waals surface area contributed by atoms with Gasteiger partial charge in [-0.1, -0.05) is 31.7 Å². The van der Waals surface area contributed by atoms with Crippen molar-refractivity contribution in [2.24, 2.45) is 0 Å². The third kappa shape index (κ3) is 3.89. The number of aliphatic hydroxyl groups is 1. The Hall–Kier alpha value is -1.81. The number of amides is 1. The van der Waals surface area contributed by atoms with E-state index in [0.717, 1.165) is 0 Å². The van der Waals surface area contributed by atoms with Gasteiger partial charge in [0.05, 0.1) is 18.2 Å². The summed E-state index contributed by atoms with van der Waals surface area (Å²) in [7, 11) is 0. The number of carbonyl (C=O) groups is 1. The van der Waals surface area contributed by atoms with Gasteiger partial charge in [-0.3, -0.25) is 4.79 Å². The number of rotatable bonds is 7. The molecule has 0 bridgehead atoms. The standard InChI is InChI=1S/C14H19NO3/c1-3-9-18-13-8-6-5-7-12(13)14(17)15-11(4-2)10-16/h3,5-8,11,16H,1,4,9-10H2,2H3,(H,15,17)/t11-/m1/s1. The van der Waals surface area contributed by atoms with Crippen LogP contribution in [0, 0.1) is 0 Å². The van der Waals surface area contributed by atoms with E-state index in [2.05, 4.69) is 11.9 Å². The van der Waals surface area contributed by atoms with Gasteiger partial charge in [-0.2, -0.15) is 0 Å². The van der Waals surface area contributed by atoms with Crippen molar-refractivity contribution in [2.75, 3.05) is 13.2 Å². The molecule has 0 spiro atoms. The zero-order valence-electron chi connectivity index (χ0n) is 10.6. The highest BCUT2D eigenvalue weighted by Gasteiger charge is 2.15. The van der Waals surface area contributed by atoms with Crippen LogP contribution in [0.25, 0.3) is 0 Å². The van der Waals surface area contributed by atoms with Crippen LogP contribution in [0.4, 0.5) is 0 Å². The maximum Gasteiger partial charge on any atom is 0.255 e. The normalized spacial score (nSPS) is 11.7. The van der Waals surface area contributed by atoms with Crippen LogP contribution in [-0.4, -0.2) is 30.3 Å². The summed E-state index contributed by atoms with van der Waals surface area (Å²) in [5.74, 6) is 0.276. The SMILES string of the molecule is C=CCOc1ccccc1C(=O)N[C@H](CC)CO. The average Bonchev–Trinajstić information content (AvgIpc) is 2.42. The predicted octanol–water partition coefficient (Wildman–Crippen LogP) is 1.75. The lowest BCUT2D eigenvalue weighted by molar-refractivity contribution is 0.0911. The number of para-hydroxylation sites is 1. The van der Waals surface area contributed by atoms with Crippen molar-refractivity contribution in [3.8, 4) is 5.75 Å². The van der Waals surface area contributed by atoms with Crippen LogP contribution >= 0.6 is 0 Å². The Labute approximate surface area is 107 Å². The molecule has 2 N–H and O–H groups in total. The smallest absolute Gasteiger partial charge is 0.255 e. The predicted molar refractivity (Wildman–Crippen MR) is 70.8 cm³/mol. The average molecular weight is 249 g/mol. The summed E-state index contributed by atoms with van der Waals surface area (Å²) < 4.78 is 5.41. The fourth-order valence-corrected chi connectivity index (χ4v) is 1.47. The zero-order chi connectivity index (χ0) is 13.4. The number of hydrogen-bond donors (Lipinski definition) is 2. The molecule has 0 aliphatic heterocycles. The van der Waals surface area contributed by atoms with E-state index < -0.39 is 0 Å². The highest BCUT2D eigenvalue weighted by atomic mass is 16.5. The van der Waals surface area contributed by atoms with Crippen molar-refractivity contribution < 1.29 is 14.6 Å². The topological polar surface area (TPSA) is 58.6 Å². The summed E-state index contributed by atoms with van der Waals surface area (Å²) in [6, 6.07) is 6.77. The van der Waals surface area contributed by atoms with Crippen molar-refractivity contribution in [2.45, 2.75) is 19.4 Å². The largest absolute Gasteiger partial charge is 0.489 e. The lowest BCUT2D eigenvalue weighted by Crippen LogP contribution is -2.37. The van der Waals surface area contributed by atoms with E-state index in [1.807, 2.05) is 6.92 Å². The summed E-state index contributed by atoms with van der Waals surface area (Å²) in [6.07, 6.45) is 2.30. The Morgan fingerprint density at radius 2 is 2.28 bits per heavy atom. The number of nitrogens with one attached hydrogen (secondary N) is 1. The molecule has 0 heterocycles. The van der Waals surface area contributed by atoms with Gasteiger partial charge in [-0.15, -0.1) is 0 Å². The Morgan fingerprint density at radius 3 is 2.89 bits per heavy atom. The highest BCUT2D eigenvalue weighted by molar-refractivity contribution is 5.97. The molecule has 4 heteroatoms. The van der Waals surface area contributed by atoms with Crippen molar-refractivity contribution >= 4 is 5.91 Å². The quantitative estimate of drug-likeness (QED) is 0.724. The fraction of sp³-hybridized carbons (Fsp3) is 0.357. The maximum atomic E-state index is 12.0. The van der Waals surface area contributed by atoms with Crippen LogP contribution in [-0.2, 0) is 0 Å². The summed E-state index contributed by atoms with van der Waals surface area (Å²) in [5.41, 5.74) is 0.464. The minimum Gasteiger partial charge on any atom is -0.489 e. The van der Waals surface area contributed by atoms with Gasteiger partial charge in [0.15, 0.2) is 0 Å². The Kier molecular flexibility index (Phi) is 5.94. The number of carbonyl (C=O) groups excluding carboxylic acids is 1. The minimum atomic E-state index is -0.240. The van der Waals surface area contributed by atoms with E-state index in [0.29, 0.717) is 24.3 Å². The van der Waals surface area contributed by atoms with Crippen LogP contribution in [0.15, 0.2) is 36.9 Å². The minimum absolute atomic E-state index is 0.0715. The van der Waals surface area contributed by atoms with Gasteiger partial charge >= 0.3 is 0 Å². The summed E-state index contributed by atoms with van der Waals surface area (Å²) in [4.78, 5) is 12.0. The van der Waals surface area contributed by atoms with E-state index in [1.54, 1.807) is 30.3 Å². The Balaban J connectivity index is 2.80. The van der Waals surface area contributed by atoms with Gasteiger partial charge in [0.2, 0.25) is 0 Å². The van der Waals surface area contributed by atoms with E-state index in [1.165, 1.54) is 0 Å². The van der Waals surface area contributed by atoms with Crippen molar-refractivity contribution in [3.05, 3.63) is 42.5 Å².